The normalized spacial score (nSPS) is 21.2. The Bertz CT molecular complexity index is 628. The van der Waals surface area contributed by atoms with Crippen LogP contribution in [0.2, 0.25) is 0 Å². The van der Waals surface area contributed by atoms with E-state index in [0.717, 1.165) is 7.25 Å². The Hall–Kier alpha value is -0.907. The molecule has 0 saturated carbocycles. The summed E-state index contributed by atoms with van der Waals surface area (Å²) in [4.78, 5) is 0. The van der Waals surface area contributed by atoms with Gasteiger partial charge in [0.15, 0.2) is 0 Å². The van der Waals surface area contributed by atoms with E-state index in [-0.39, 0.29) is 12.4 Å². The molecule has 0 bridgehead atoms. The van der Waals surface area contributed by atoms with E-state index in [0.29, 0.717) is 0 Å². The van der Waals surface area contributed by atoms with E-state index in [9.17, 15) is 0 Å². The van der Waals surface area contributed by atoms with Crippen molar-refractivity contribution in [3.05, 3.63) is 82.9 Å². The van der Waals surface area contributed by atoms with Crippen LogP contribution in [0.25, 0.3) is 12.2 Å². The minimum atomic E-state index is -0.542. The molecule has 0 saturated heterocycles. The van der Waals surface area contributed by atoms with E-state index in [1.165, 1.54) is 11.1 Å². The number of hydrogen-bond donors (Lipinski definition) is 0. The molecule has 0 N–H and O–H groups in total. The topological polar surface area (TPSA) is 0 Å². The first-order valence-corrected chi connectivity index (χ1v) is 9.56. The average Bonchev–Trinajstić information content (AvgIpc) is 3.05. The second kappa shape index (κ2) is 5.84. The minimum absolute atomic E-state index is 0. The molecule has 2 atom stereocenters. The second-order valence-electron chi connectivity index (χ2n) is 5.10. The van der Waals surface area contributed by atoms with Gasteiger partial charge in [0.2, 0.25) is 0 Å². The largest absolute Gasteiger partial charge is 0.147 e. The molecule has 20 heavy (non-hydrogen) atoms. The molecule has 0 spiro atoms. The molecule has 0 aromatic heterocycles. The standard InChI is InChI=1S/2C9H7.ClH.Zr/c2*1-2-5-9-7-3-6-8(9)4-1;;/h2*1-7H;1H;. The summed E-state index contributed by atoms with van der Waals surface area (Å²) in [6.07, 6.45) is 9.49. The van der Waals surface area contributed by atoms with Gasteiger partial charge in [0.1, 0.15) is 0 Å². The summed E-state index contributed by atoms with van der Waals surface area (Å²) < 4.78 is 1.47. The third-order valence-corrected chi connectivity index (χ3v) is 8.20. The van der Waals surface area contributed by atoms with Gasteiger partial charge < -0.3 is 0 Å². The zero-order chi connectivity index (χ0) is 12.7. The molecule has 0 fully saturated rings. The SMILES string of the molecule is C1=C[CH]([Zr][CH]2C=Cc3ccccc32)c2ccccc21.Cl. The van der Waals surface area contributed by atoms with Crippen molar-refractivity contribution in [2.24, 2.45) is 0 Å². The quantitative estimate of drug-likeness (QED) is 0.707. The molecule has 2 aromatic rings. The van der Waals surface area contributed by atoms with Gasteiger partial charge in [0.05, 0.1) is 0 Å². The van der Waals surface area contributed by atoms with Crippen LogP contribution in [-0.4, -0.2) is 0 Å². The molecule has 4 rings (SSSR count). The molecule has 2 unspecified atom stereocenters. The third-order valence-electron chi connectivity index (χ3n) is 3.96. The first-order chi connectivity index (χ1) is 9.42. The van der Waals surface area contributed by atoms with Crippen LogP contribution in [0, 0.1) is 0 Å². The van der Waals surface area contributed by atoms with Crippen molar-refractivity contribution < 1.29 is 23.2 Å². The molecular formula is C18H15ClZr. The summed E-state index contributed by atoms with van der Waals surface area (Å²) in [6.45, 7) is 0. The zero-order valence-corrected chi connectivity index (χ0v) is 14.3. The number of allylic oxidation sites excluding steroid dienone is 2. The van der Waals surface area contributed by atoms with E-state index in [4.69, 9.17) is 0 Å². The van der Waals surface area contributed by atoms with Crippen molar-refractivity contribution >= 4 is 24.6 Å². The summed E-state index contributed by atoms with van der Waals surface area (Å²) in [5, 5.41) is 0. The van der Waals surface area contributed by atoms with Gasteiger partial charge in [-0.3, -0.25) is 0 Å². The average molecular weight is 358 g/mol. The van der Waals surface area contributed by atoms with Gasteiger partial charge in [-0.25, -0.2) is 0 Å². The van der Waals surface area contributed by atoms with Crippen LogP contribution in [0.5, 0.6) is 0 Å². The molecule has 2 aromatic carbocycles. The summed E-state index contributed by atoms with van der Waals surface area (Å²) in [7, 11) is 0. The van der Waals surface area contributed by atoms with Gasteiger partial charge in [0, 0.05) is 0 Å². The summed E-state index contributed by atoms with van der Waals surface area (Å²) in [6, 6.07) is 17.7. The first-order valence-electron chi connectivity index (χ1n) is 6.72. The Balaban J connectivity index is 0.00000121. The van der Waals surface area contributed by atoms with E-state index in [1.54, 1.807) is 11.1 Å². The van der Waals surface area contributed by atoms with Crippen LogP contribution in [0.3, 0.4) is 0 Å². The summed E-state index contributed by atoms with van der Waals surface area (Å²) in [5.41, 5.74) is 5.99. The third kappa shape index (κ3) is 2.38. The van der Waals surface area contributed by atoms with E-state index in [1.807, 2.05) is 0 Å². The summed E-state index contributed by atoms with van der Waals surface area (Å²) >= 11 is -0.542. The second-order valence-corrected chi connectivity index (χ2v) is 8.98. The zero-order valence-electron chi connectivity index (χ0n) is 11.0. The van der Waals surface area contributed by atoms with Crippen molar-refractivity contribution in [3.63, 3.8) is 0 Å². The predicted molar refractivity (Wildman–Crippen MR) is 83.7 cm³/mol. The van der Waals surface area contributed by atoms with Crippen LogP contribution < -0.4 is 0 Å². The number of fused-ring (bicyclic) bond motifs is 2. The molecular weight excluding hydrogens is 343 g/mol. The van der Waals surface area contributed by atoms with Crippen molar-refractivity contribution in [1.29, 1.82) is 0 Å². The Kier molecular flexibility index (Phi) is 4.10. The maximum Gasteiger partial charge on any atom is -0.147 e. The number of hydrogen-bond acceptors (Lipinski definition) is 0. The number of halogens is 1. The fraction of sp³-hybridized carbons (Fsp3) is 0.111. The van der Waals surface area contributed by atoms with Crippen molar-refractivity contribution in [2.75, 3.05) is 0 Å². The van der Waals surface area contributed by atoms with Crippen molar-refractivity contribution in [1.82, 2.24) is 0 Å². The Labute approximate surface area is 137 Å². The van der Waals surface area contributed by atoms with Gasteiger partial charge in [-0.15, -0.1) is 12.4 Å². The molecule has 0 nitrogen and oxygen atoms in total. The maximum absolute atomic E-state index is 2.44. The molecule has 0 aliphatic heterocycles. The minimum Gasteiger partial charge on any atom is -0.147 e. The molecule has 2 aliphatic carbocycles. The Morgan fingerprint density at radius 2 is 1.10 bits per heavy atom. The van der Waals surface area contributed by atoms with Gasteiger partial charge in [-0.05, 0) is 0 Å². The van der Waals surface area contributed by atoms with E-state index < -0.39 is 23.2 Å². The van der Waals surface area contributed by atoms with Gasteiger partial charge in [-0.2, -0.15) is 0 Å². The Morgan fingerprint density at radius 1 is 0.650 bits per heavy atom. The predicted octanol–water partition coefficient (Wildman–Crippen LogP) is 5.03. The van der Waals surface area contributed by atoms with E-state index >= 15 is 0 Å². The molecule has 2 aliphatic rings. The van der Waals surface area contributed by atoms with Crippen LogP contribution in [0.15, 0.2) is 60.7 Å². The molecule has 98 valence electrons. The van der Waals surface area contributed by atoms with Crippen LogP contribution in [0.4, 0.5) is 0 Å². The van der Waals surface area contributed by atoms with Crippen LogP contribution >= 0.6 is 12.4 Å². The molecule has 2 heteroatoms. The fourth-order valence-electron chi connectivity index (χ4n) is 2.98. The number of benzene rings is 2. The summed E-state index contributed by atoms with van der Waals surface area (Å²) in [5.74, 6) is 0. The van der Waals surface area contributed by atoms with Crippen molar-refractivity contribution in [2.45, 2.75) is 7.25 Å². The molecule has 0 heterocycles. The van der Waals surface area contributed by atoms with Crippen LogP contribution in [-0.2, 0) is 23.2 Å². The first kappa shape index (κ1) is 14.0. The van der Waals surface area contributed by atoms with Crippen LogP contribution in [0.1, 0.15) is 29.5 Å². The number of rotatable bonds is 2. The van der Waals surface area contributed by atoms with Gasteiger partial charge >= 0.3 is 126 Å². The van der Waals surface area contributed by atoms with Gasteiger partial charge in [-0.1, -0.05) is 0 Å². The Morgan fingerprint density at radius 3 is 1.60 bits per heavy atom. The monoisotopic (exact) mass is 356 g/mol. The maximum atomic E-state index is 2.44. The van der Waals surface area contributed by atoms with Gasteiger partial charge in [0.25, 0.3) is 0 Å². The smallest absolute Gasteiger partial charge is 0.147 e. The van der Waals surface area contributed by atoms with E-state index in [2.05, 4.69) is 72.8 Å². The molecule has 0 radical (unpaired) electrons. The fourth-order valence-corrected chi connectivity index (χ4v) is 7.13. The van der Waals surface area contributed by atoms with Crippen molar-refractivity contribution in [3.8, 4) is 0 Å². The molecule has 0 amide bonds.